The van der Waals surface area contributed by atoms with Crippen LogP contribution in [0.5, 0.6) is 0 Å². The van der Waals surface area contributed by atoms with Gasteiger partial charge in [0.15, 0.2) is 0 Å². The molecular formula is C18H23ClN2O2. The zero-order chi connectivity index (χ0) is 15.9. The van der Waals surface area contributed by atoms with E-state index in [-0.39, 0.29) is 24.4 Å². The summed E-state index contributed by atoms with van der Waals surface area (Å²) in [6.45, 7) is 4.82. The van der Waals surface area contributed by atoms with Crippen LogP contribution in [0.3, 0.4) is 0 Å². The number of carbonyl (C=O) groups excluding carboxylic acids is 1. The number of nitrogens with one attached hydrogen (secondary N) is 1. The number of amides is 1. The van der Waals surface area contributed by atoms with Crippen molar-refractivity contribution in [1.82, 2.24) is 5.32 Å². The fraction of sp³-hybridized carbons (Fsp3) is 0.278. The number of hydrogen-bond acceptors (Lipinski definition) is 3. The predicted molar refractivity (Wildman–Crippen MR) is 95.9 cm³/mol. The molecular weight excluding hydrogens is 312 g/mol. The zero-order valence-corrected chi connectivity index (χ0v) is 14.2. The van der Waals surface area contributed by atoms with Gasteiger partial charge in [0, 0.05) is 17.3 Å². The second kappa shape index (κ2) is 9.18. The summed E-state index contributed by atoms with van der Waals surface area (Å²) in [6, 6.07) is 15.2. The summed E-state index contributed by atoms with van der Waals surface area (Å²) in [4.78, 5) is 12.2. The lowest BCUT2D eigenvalue weighted by molar-refractivity contribution is 0.0820. The fourth-order valence-electron chi connectivity index (χ4n) is 2.16. The molecule has 0 aromatic heterocycles. The van der Waals surface area contributed by atoms with Crippen molar-refractivity contribution in [1.29, 1.82) is 0 Å². The monoisotopic (exact) mass is 334 g/mol. The number of hydrogen-bond donors (Lipinski definition) is 2. The summed E-state index contributed by atoms with van der Waals surface area (Å²) in [5.74, 6) is -0.124. The highest BCUT2D eigenvalue weighted by molar-refractivity contribution is 5.96. The van der Waals surface area contributed by atoms with Gasteiger partial charge in [0.25, 0.3) is 5.91 Å². The van der Waals surface area contributed by atoms with Gasteiger partial charge in [0.1, 0.15) is 0 Å². The summed E-state index contributed by atoms with van der Waals surface area (Å²) >= 11 is 0. The van der Waals surface area contributed by atoms with Crippen LogP contribution in [-0.4, -0.2) is 18.6 Å². The molecule has 0 aliphatic rings. The molecule has 3 N–H and O–H groups in total. The van der Waals surface area contributed by atoms with Crippen molar-refractivity contribution < 1.29 is 9.53 Å². The minimum absolute atomic E-state index is 0. The van der Waals surface area contributed by atoms with Crippen LogP contribution in [0.15, 0.2) is 48.5 Å². The number of ether oxygens (including phenoxy) is 1. The van der Waals surface area contributed by atoms with Gasteiger partial charge in [-0.3, -0.25) is 4.79 Å². The van der Waals surface area contributed by atoms with Crippen molar-refractivity contribution in [2.24, 2.45) is 0 Å². The Hall–Kier alpha value is -2.04. The average molecular weight is 335 g/mol. The standard InChI is InChI=1S/C18H22N2O2.ClH/c1-13-8-9-16(19)10-17(13)18(21)20-14(2)11-22-12-15-6-4-3-5-7-15;/h3-10,14H,11-12,19H2,1-2H3,(H,20,21);1H. The van der Waals surface area contributed by atoms with Crippen LogP contribution in [0.1, 0.15) is 28.4 Å². The van der Waals surface area contributed by atoms with E-state index in [0.29, 0.717) is 24.5 Å². The van der Waals surface area contributed by atoms with Gasteiger partial charge in [-0.15, -0.1) is 12.4 Å². The smallest absolute Gasteiger partial charge is 0.251 e. The van der Waals surface area contributed by atoms with Crippen molar-refractivity contribution >= 4 is 24.0 Å². The number of benzene rings is 2. The van der Waals surface area contributed by atoms with E-state index in [1.54, 1.807) is 12.1 Å². The predicted octanol–water partition coefficient (Wildman–Crippen LogP) is 3.33. The van der Waals surface area contributed by atoms with Crippen molar-refractivity contribution in [2.45, 2.75) is 26.5 Å². The zero-order valence-electron chi connectivity index (χ0n) is 13.4. The Balaban J connectivity index is 0.00000264. The first-order valence-corrected chi connectivity index (χ1v) is 7.35. The molecule has 23 heavy (non-hydrogen) atoms. The van der Waals surface area contributed by atoms with Crippen LogP contribution in [0.2, 0.25) is 0 Å². The maximum atomic E-state index is 12.2. The van der Waals surface area contributed by atoms with E-state index in [9.17, 15) is 4.79 Å². The third-order valence-electron chi connectivity index (χ3n) is 3.36. The Labute approximate surface area is 143 Å². The van der Waals surface area contributed by atoms with Crippen molar-refractivity contribution in [3.63, 3.8) is 0 Å². The molecule has 1 unspecified atom stereocenters. The maximum Gasteiger partial charge on any atom is 0.251 e. The summed E-state index contributed by atoms with van der Waals surface area (Å²) < 4.78 is 5.63. The lowest BCUT2D eigenvalue weighted by atomic mass is 10.1. The van der Waals surface area contributed by atoms with Gasteiger partial charge < -0.3 is 15.8 Å². The molecule has 0 aliphatic heterocycles. The Morgan fingerprint density at radius 3 is 2.61 bits per heavy atom. The SMILES string of the molecule is Cc1ccc(N)cc1C(=O)NC(C)COCc1ccccc1.Cl. The largest absolute Gasteiger partial charge is 0.399 e. The van der Waals surface area contributed by atoms with E-state index >= 15 is 0 Å². The number of rotatable bonds is 6. The molecule has 1 amide bonds. The van der Waals surface area contributed by atoms with E-state index in [0.717, 1.165) is 11.1 Å². The molecule has 2 rings (SSSR count). The molecule has 5 heteroatoms. The minimum Gasteiger partial charge on any atom is -0.399 e. The summed E-state index contributed by atoms with van der Waals surface area (Å²) in [6.07, 6.45) is 0. The molecule has 2 aromatic carbocycles. The highest BCUT2D eigenvalue weighted by Gasteiger charge is 2.12. The quantitative estimate of drug-likeness (QED) is 0.796. The Kier molecular flexibility index (Phi) is 7.59. The first-order valence-electron chi connectivity index (χ1n) is 7.35. The second-order valence-electron chi connectivity index (χ2n) is 5.45. The Bertz CT molecular complexity index is 632. The number of halogens is 1. The summed E-state index contributed by atoms with van der Waals surface area (Å²) in [5, 5.41) is 2.93. The highest BCUT2D eigenvalue weighted by atomic mass is 35.5. The van der Waals surface area contributed by atoms with Gasteiger partial charge in [-0.1, -0.05) is 36.4 Å². The van der Waals surface area contributed by atoms with E-state index in [1.807, 2.05) is 50.2 Å². The Morgan fingerprint density at radius 2 is 1.91 bits per heavy atom. The highest BCUT2D eigenvalue weighted by Crippen LogP contribution is 2.12. The summed E-state index contributed by atoms with van der Waals surface area (Å²) in [7, 11) is 0. The van der Waals surface area contributed by atoms with Gasteiger partial charge in [-0.2, -0.15) is 0 Å². The number of nitrogen functional groups attached to an aromatic ring is 1. The van der Waals surface area contributed by atoms with Crippen LogP contribution >= 0.6 is 12.4 Å². The minimum atomic E-state index is -0.124. The first-order chi connectivity index (χ1) is 10.6. The molecule has 0 radical (unpaired) electrons. The fourth-order valence-corrected chi connectivity index (χ4v) is 2.16. The molecule has 0 saturated heterocycles. The molecule has 124 valence electrons. The van der Waals surface area contributed by atoms with Crippen molar-refractivity contribution in [2.75, 3.05) is 12.3 Å². The molecule has 0 aliphatic carbocycles. The van der Waals surface area contributed by atoms with Gasteiger partial charge in [-0.25, -0.2) is 0 Å². The Morgan fingerprint density at radius 1 is 1.22 bits per heavy atom. The number of aryl methyl sites for hydroxylation is 1. The van der Waals surface area contributed by atoms with Crippen molar-refractivity contribution in [3.8, 4) is 0 Å². The third kappa shape index (κ3) is 5.93. The van der Waals surface area contributed by atoms with Crippen LogP contribution in [0.25, 0.3) is 0 Å². The van der Waals surface area contributed by atoms with Crippen LogP contribution in [-0.2, 0) is 11.3 Å². The maximum absolute atomic E-state index is 12.2. The van der Waals surface area contributed by atoms with E-state index in [4.69, 9.17) is 10.5 Å². The molecule has 0 bridgehead atoms. The van der Waals surface area contributed by atoms with Gasteiger partial charge in [0.05, 0.1) is 13.2 Å². The van der Waals surface area contributed by atoms with E-state index < -0.39 is 0 Å². The lowest BCUT2D eigenvalue weighted by Crippen LogP contribution is -2.36. The van der Waals surface area contributed by atoms with E-state index in [2.05, 4.69) is 5.32 Å². The molecule has 0 saturated carbocycles. The average Bonchev–Trinajstić information content (AvgIpc) is 2.50. The molecule has 0 spiro atoms. The summed E-state index contributed by atoms with van der Waals surface area (Å²) in [5.41, 5.74) is 8.95. The normalized spacial score (nSPS) is 11.4. The second-order valence-corrected chi connectivity index (χ2v) is 5.45. The topological polar surface area (TPSA) is 64.4 Å². The van der Waals surface area contributed by atoms with Gasteiger partial charge in [0.2, 0.25) is 0 Å². The molecule has 0 fully saturated rings. The van der Waals surface area contributed by atoms with Crippen LogP contribution < -0.4 is 11.1 Å². The molecule has 1 atom stereocenters. The molecule has 4 nitrogen and oxygen atoms in total. The first kappa shape index (κ1) is 19.0. The number of anilines is 1. The third-order valence-corrected chi connectivity index (χ3v) is 3.36. The lowest BCUT2D eigenvalue weighted by Gasteiger charge is -2.15. The van der Waals surface area contributed by atoms with Crippen LogP contribution in [0, 0.1) is 6.92 Å². The van der Waals surface area contributed by atoms with Crippen molar-refractivity contribution in [3.05, 3.63) is 65.2 Å². The van der Waals surface area contributed by atoms with E-state index in [1.165, 1.54) is 0 Å². The van der Waals surface area contributed by atoms with Gasteiger partial charge >= 0.3 is 0 Å². The van der Waals surface area contributed by atoms with Gasteiger partial charge in [-0.05, 0) is 37.1 Å². The van der Waals surface area contributed by atoms with Crippen LogP contribution in [0.4, 0.5) is 5.69 Å². The molecule has 2 aromatic rings. The number of carbonyl (C=O) groups is 1. The number of nitrogens with two attached hydrogens (primary N) is 1. The molecule has 0 heterocycles.